The maximum atomic E-state index is 12.0. The van der Waals surface area contributed by atoms with Crippen molar-refractivity contribution in [2.75, 3.05) is 12.3 Å². The highest BCUT2D eigenvalue weighted by Crippen LogP contribution is 2.41. The van der Waals surface area contributed by atoms with Crippen LogP contribution >= 0.6 is 11.8 Å². The van der Waals surface area contributed by atoms with Gasteiger partial charge in [-0.2, -0.15) is 10.5 Å². The van der Waals surface area contributed by atoms with E-state index in [1.165, 1.54) is 0 Å². The number of amides is 2. The van der Waals surface area contributed by atoms with Gasteiger partial charge < -0.3 is 10.6 Å². The molecule has 118 valence electrons. The largest absolute Gasteiger partial charge is 0.355 e. The summed E-state index contributed by atoms with van der Waals surface area (Å²) < 4.78 is 0. The number of nitriles is 2. The first-order valence-electron chi connectivity index (χ1n) is 7.13. The fraction of sp³-hybridized carbons (Fsp3) is 0.600. The molecule has 0 aromatic heterocycles. The zero-order valence-corrected chi connectivity index (χ0v) is 13.8. The summed E-state index contributed by atoms with van der Waals surface area (Å²) in [7, 11) is 0. The Morgan fingerprint density at radius 3 is 2.68 bits per heavy atom. The Kier molecular flexibility index (Phi) is 6.45. The van der Waals surface area contributed by atoms with Crippen LogP contribution in [0.25, 0.3) is 0 Å². The maximum absolute atomic E-state index is 12.0. The highest BCUT2D eigenvalue weighted by atomic mass is 32.2. The molecule has 2 N–H and O–H groups in total. The molecule has 0 bridgehead atoms. The first kappa shape index (κ1) is 18.1. The van der Waals surface area contributed by atoms with Gasteiger partial charge in [-0.25, -0.2) is 0 Å². The number of nitrogens with zero attached hydrogens (tertiary/aromatic N) is 2. The molecule has 1 heterocycles. The summed E-state index contributed by atoms with van der Waals surface area (Å²) in [5.74, 6) is -1.36. The number of rotatable bonds is 6. The number of unbranched alkanes of at least 4 members (excludes halogenated alkanes) is 1. The molecule has 0 unspecified atom stereocenters. The van der Waals surface area contributed by atoms with Gasteiger partial charge >= 0.3 is 0 Å². The van der Waals surface area contributed by atoms with E-state index in [1.807, 2.05) is 13.0 Å². The van der Waals surface area contributed by atoms with E-state index in [0.29, 0.717) is 17.1 Å². The second-order valence-corrected chi connectivity index (χ2v) is 6.57. The van der Waals surface area contributed by atoms with Gasteiger partial charge in [0, 0.05) is 12.0 Å². The topological polar surface area (TPSA) is 106 Å². The zero-order valence-electron chi connectivity index (χ0n) is 13.0. The molecule has 1 atom stereocenters. The van der Waals surface area contributed by atoms with Crippen LogP contribution in [-0.4, -0.2) is 24.1 Å². The van der Waals surface area contributed by atoms with Crippen LogP contribution in [0, 0.1) is 34.0 Å². The number of carbonyl (C=O) groups excluding carboxylic acids is 2. The molecule has 1 aliphatic heterocycles. The summed E-state index contributed by atoms with van der Waals surface area (Å²) in [4.78, 5) is 23.7. The fourth-order valence-corrected chi connectivity index (χ4v) is 3.13. The molecule has 1 aliphatic rings. The van der Waals surface area contributed by atoms with E-state index in [9.17, 15) is 14.9 Å². The first-order valence-corrected chi connectivity index (χ1v) is 8.11. The molecule has 6 nitrogen and oxygen atoms in total. The highest BCUT2D eigenvalue weighted by molar-refractivity contribution is 8.03. The van der Waals surface area contributed by atoms with Crippen LogP contribution < -0.4 is 10.6 Å². The molecule has 0 aliphatic carbocycles. The lowest BCUT2D eigenvalue weighted by Crippen LogP contribution is -2.44. The smallest absolute Gasteiger partial charge is 0.243 e. The molecule has 0 spiro atoms. The minimum absolute atomic E-state index is 0.123. The summed E-state index contributed by atoms with van der Waals surface area (Å²) in [6.07, 6.45) is 1.91. The van der Waals surface area contributed by atoms with Crippen LogP contribution in [0.5, 0.6) is 0 Å². The molecule has 2 amide bonds. The van der Waals surface area contributed by atoms with Gasteiger partial charge in [-0.3, -0.25) is 9.59 Å². The maximum Gasteiger partial charge on any atom is 0.243 e. The summed E-state index contributed by atoms with van der Waals surface area (Å²) >= 11 is 1.12. The molecule has 22 heavy (non-hydrogen) atoms. The Bertz CT molecular complexity index is 569. The third-order valence-corrected chi connectivity index (χ3v) is 4.53. The standard InChI is InChI=1S/C15H20N4O2S/c1-4-5-6-18-12(20)9-22-14-11(8-17)15(2,3)10(7-16)13(21)19-14/h10H,4-6,9H2,1-3H3,(H,18,20)(H,19,21)/t10-/m0/s1. The van der Waals surface area contributed by atoms with Gasteiger partial charge in [0.25, 0.3) is 0 Å². The lowest BCUT2D eigenvalue weighted by atomic mass is 9.72. The van der Waals surface area contributed by atoms with Gasteiger partial charge in [-0.15, -0.1) is 0 Å². The van der Waals surface area contributed by atoms with Gasteiger partial charge in [0.1, 0.15) is 5.92 Å². The van der Waals surface area contributed by atoms with Crippen molar-refractivity contribution in [3.05, 3.63) is 10.6 Å². The molecule has 0 aromatic rings. The molecule has 1 rings (SSSR count). The van der Waals surface area contributed by atoms with Gasteiger partial charge in [-0.05, 0) is 6.42 Å². The third kappa shape index (κ3) is 4.02. The van der Waals surface area contributed by atoms with Crippen molar-refractivity contribution in [2.45, 2.75) is 33.6 Å². The van der Waals surface area contributed by atoms with Crippen molar-refractivity contribution in [3.63, 3.8) is 0 Å². The molecule has 0 fully saturated rings. The van der Waals surface area contributed by atoms with E-state index in [4.69, 9.17) is 5.26 Å². The van der Waals surface area contributed by atoms with Crippen LogP contribution in [0.2, 0.25) is 0 Å². The Morgan fingerprint density at radius 1 is 1.45 bits per heavy atom. The summed E-state index contributed by atoms with van der Waals surface area (Å²) in [6, 6.07) is 4.01. The number of carbonyl (C=O) groups is 2. The lowest BCUT2D eigenvalue weighted by Gasteiger charge is -2.34. The molecular weight excluding hydrogens is 300 g/mol. The second kappa shape index (κ2) is 7.86. The van der Waals surface area contributed by atoms with Gasteiger partial charge in [0.2, 0.25) is 11.8 Å². The van der Waals surface area contributed by atoms with E-state index in [2.05, 4.69) is 16.7 Å². The number of allylic oxidation sites excluding steroid dienone is 1. The summed E-state index contributed by atoms with van der Waals surface area (Å²) in [5.41, 5.74) is -0.530. The molecule has 0 saturated carbocycles. The summed E-state index contributed by atoms with van der Waals surface area (Å²) in [5, 5.41) is 24.2. The average molecular weight is 320 g/mol. The Balaban J connectivity index is 2.82. The fourth-order valence-electron chi connectivity index (χ4n) is 2.13. The Morgan fingerprint density at radius 2 is 2.14 bits per heavy atom. The van der Waals surface area contributed by atoms with E-state index in [-0.39, 0.29) is 11.7 Å². The second-order valence-electron chi connectivity index (χ2n) is 5.58. The van der Waals surface area contributed by atoms with Crippen molar-refractivity contribution in [2.24, 2.45) is 11.3 Å². The minimum Gasteiger partial charge on any atom is -0.355 e. The first-order chi connectivity index (χ1) is 10.4. The van der Waals surface area contributed by atoms with Crippen molar-refractivity contribution in [1.82, 2.24) is 10.6 Å². The predicted molar refractivity (Wildman–Crippen MR) is 84.0 cm³/mol. The number of nitrogens with one attached hydrogen (secondary N) is 2. The molecular formula is C15H20N4O2S. The van der Waals surface area contributed by atoms with Crippen molar-refractivity contribution < 1.29 is 9.59 Å². The van der Waals surface area contributed by atoms with E-state index >= 15 is 0 Å². The van der Waals surface area contributed by atoms with Crippen LogP contribution in [0.15, 0.2) is 10.6 Å². The quantitative estimate of drug-likeness (QED) is 0.724. The summed E-state index contributed by atoms with van der Waals surface area (Å²) in [6.45, 7) is 6.05. The van der Waals surface area contributed by atoms with Crippen molar-refractivity contribution >= 4 is 23.6 Å². The van der Waals surface area contributed by atoms with E-state index in [0.717, 1.165) is 24.6 Å². The van der Waals surface area contributed by atoms with Gasteiger partial charge in [0.05, 0.1) is 28.5 Å². The normalized spacial score (nSPS) is 19.9. The van der Waals surface area contributed by atoms with Crippen molar-refractivity contribution in [3.8, 4) is 12.1 Å². The third-order valence-electron chi connectivity index (χ3n) is 3.53. The monoisotopic (exact) mass is 320 g/mol. The zero-order chi connectivity index (χ0) is 16.8. The minimum atomic E-state index is -0.912. The van der Waals surface area contributed by atoms with E-state index in [1.54, 1.807) is 13.8 Å². The van der Waals surface area contributed by atoms with E-state index < -0.39 is 17.2 Å². The van der Waals surface area contributed by atoms with Crippen LogP contribution in [0.3, 0.4) is 0 Å². The number of thioether (sulfide) groups is 1. The molecule has 0 saturated heterocycles. The van der Waals surface area contributed by atoms with Crippen molar-refractivity contribution in [1.29, 1.82) is 10.5 Å². The average Bonchev–Trinajstić information content (AvgIpc) is 2.44. The Hall–Kier alpha value is -1.99. The van der Waals surface area contributed by atoms with Crippen LogP contribution in [-0.2, 0) is 9.59 Å². The molecule has 0 aromatic carbocycles. The Labute approximate surface area is 134 Å². The highest BCUT2D eigenvalue weighted by Gasteiger charge is 2.44. The predicted octanol–water partition coefficient (Wildman–Crippen LogP) is 1.67. The van der Waals surface area contributed by atoms with Gasteiger partial charge in [0.15, 0.2) is 0 Å². The SMILES string of the molecule is CCCCNC(=O)CSC1=C(C#N)C(C)(C)[C@@H](C#N)C(=O)N1. The van der Waals surface area contributed by atoms with Crippen LogP contribution in [0.4, 0.5) is 0 Å². The molecule has 7 heteroatoms. The van der Waals surface area contributed by atoms with Gasteiger partial charge in [-0.1, -0.05) is 39.0 Å². The number of hydrogen-bond acceptors (Lipinski definition) is 5. The molecule has 0 radical (unpaired) electrons. The lowest BCUT2D eigenvalue weighted by molar-refractivity contribution is -0.125. The number of hydrogen-bond donors (Lipinski definition) is 2. The van der Waals surface area contributed by atoms with Crippen LogP contribution in [0.1, 0.15) is 33.6 Å².